The molecule has 1 aliphatic heterocycles. The minimum absolute atomic E-state index is 0.114. The quantitative estimate of drug-likeness (QED) is 0.847. The van der Waals surface area contributed by atoms with Crippen molar-refractivity contribution in [2.45, 2.75) is 13.8 Å². The summed E-state index contributed by atoms with van der Waals surface area (Å²) in [6, 6.07) is 3.77. The molecule has 0 saturated carbocycles. The highest BCUT2D eigenvalue weighted by Crippen LogP contribution is 2.24. The number of hydrogen-bond donors (Lipinski definition) is 2. The monoisotopic (exact) mass is 245 g/mol. The molecule has 2 rings (SSSR count). The summed E-state index contributed by atoms with van der Waals surface area (Å²) in [5, 5.41) is 6.06. The zero-order valence-corrected chi connectivity index (χ0v) is 10.9. The number of carbonyl (C=O) groups excluding carboxylic acids is 1. The lowest BCUT2D eigenvalue weighted by atomic mass is 9.92. The van der Waals surface area contributed by atoms with E-state index >= 15 is 0 Å². The van der Waals surface area contributed by atoms with Crippen molar-refractivity contribution in [2.24, 2.45) is 5.92 Å². The van der Waals surface area contributed by atoms with Gasteiger partial charge < -0.3 is 10.6 Å². The molecule has 0 bridgehead atoms. The number of hydrogen-bond acceptors (Lipinski definition) is 3. The second kappa shape index (κ2) is 5.78. The molecular weight excluding hydrogens is 226 g/mol. The fourth-order valence-electron chi connectivity index (χ4n) is 2.15. The van der Waals surface area contributed by atoms with Crippen LogP contribution in [0.15, 0.2) is 24.4 Å². The third kappa shape index (κ3) is 2.76. The number of amides is 1. The van der Waals surface area contributed by atoms with E-state index in [0.29, 0.717) is 18.2 Å². The first-order valence-electron chi connectivity index (χ1n) is 6.37. The van der Waals surface area contributed by atoms with E-state index in [4.69, 9.17) is 0 Å². The van der Waals surface area contributed by atoms with E-state index in [-0.39, 0.29) is 5.91 Å². The van der Waals surface area contributed by atoms with Gasteiger partial charge in [-0.3, -0.25) is 9.78 Å². The van der Waals surface area contributed by atoms with Crippen LogP contribution >= 0.6 is 0 Å². The maximum absolute atomic E-state index is 11.6. The van der Waals surface area contributed by atoms with Crippen LogP contribution in [0.3, 0.4) is 0 Å². The molecule has 1 aliphatic rings. The average molecular weight is 245 g/mol. The van der Waals surface area contributed by atoms with Gasteiger partial charge in [0.05, 0.1) is 0 Å². The minimum Gasteiger partial charge on any atom is -0.351 e. The van der Waals surface area contributed by atoms with Gasteiger partial charge in [-0.15, -0.1) is 0 Å². The van der Waals surface area contributed by atoms with Crippen LogP contribution in [0.2, 0.25) is 0 Å². The van der Waals surface area contributed by atoms with Crippen molar-refractivity contribution in [1.82, 2.24) is 15.6 Å². The molecule has 1 atom stereocenters. The highest BCUT2D eigenvalue weighted by molar-refractivity contribution is 5.92. The van der Waals surface area contributed by atoms with Crippen LogP contribution in [-0.2, 0) is 0 Å². The maximum atomic E-state index is 11.6. The predicted molar refractivity (Wildman–Crippen MR) is 72.3 cm³/mol. The van der Waals surface area contributed by atoms with Crippen LogP contribution in [0.4, 0.5) is 0 Å². The standard InChI is InChI=1S/C14H19N3O/c1-3-16-14(18)13-5-4-11(9-17-13)12-6-7-15-8-10(12)2/h4-6,9-10,15H,3,7-8H2,1-2H3,(H,16,18). The third-order valence-electron chi connectivity index (χ3n) is 3.11. The molecule has 0 aliphatic carbocycles. The predicted octanol–water partition coefficient (Wildman–Crippen LogP) is 1.45. The Hall–Kier alpha value is -1.68. The Morgan fingerprint density at radius 3 is 3.00 bits per heavy atom. The molecular formula is C14H19N3O. The smallest absolute Gasteiger partial charge is 0.269 e. The summed E-state index contributed by atoms with van der Waals surface area (Å²) < 4.78 is 0. The summed E-state index contributed by atoms with van der Waals surface area (Å²) in [6.45, 7) is 6.60. The zero-order chi connectivity index (χ0) is 13.0. The van der Waals surface area contributed by atoms with Gasteiger partial charge in [-0.25, -0.2) is 0 Å². The van der Waals surface area contributed by atoms with Crippen LogP contribution in [-0.4, -0.2) is 30.5 Å². The lowest BCUT2D eigenvalue weighted by molar-refractivity contribution is 0.0951. The Bertz CT molecular complexity index is 451. The summed E-state index contributed by atoms with van der Waals surface area (Å²) in [6.07, 6.45) is 3.98. The topological polar surface area (TPSA) is 54.0 Å². The number of nitrogens with one attached hydrogen (secondary N) is 2. The van der Waals surface area contributed by atoms with Crippen LogP contribution in [0.25, 0.3) is 5.57 Å². The van der Waals surface area contributed by atoms with Crippen molar-refractivity contribution in [3.8, 4) is 0 Å². The number of carbonyl (C=O) groups is 1. The summed E-state index contributed by atoms with van der Waals surface area (Å²) in [5.74, 6) is 0.368. The van der Waals surface area contributed by atoms with Gasteiger partial charge >= 0.3 is 0 Å². The highest BCUT2D eigenvalue weighted by atomic mass is 16.1. The second-order valence-electron chi connectivity index (χ2n) is 4.51. The molecule has 1 amide bonds. The highest BCUT2D eigenvalue weighted by Gasteiger charge is 2.15. The third-order valence-corrected chi connectivity index (χ3v) is 3.11. The van der Waals surface area contributed by atoms with E-state index in [1.807, 2.05) is 13.0 Å². The Morgan fingerprint density at radius 2 is 2.39 bits per heavy atom. The summed E-state index contributed by atoms with van der Waals surface area (Å²) in [7, 11) is 0. The van der Waals surface area contributed by atoms with Crippen LogP contribution < -0.4 is 10.6 Å². The van der Waals surface area contributed by atoms with Crippen LogP contribution in [0.1, 0.15) is 29.9 Å². The Kier molecular flexibility index (Phi) is 4.10. The van der Waals surface area contributed by atoms with Crippen LogP contribution in [0, 0.1) is 5.92 Å². The number of pyridine rings is 1. The Morgan fingerprint density at radius 1 is 1.56 bits per heavy atom. The largest absolute Gasteiger partial charge is 0.351 e. The van der Waals surface area contributed by atoms with E-state index < -0.39 is 0 Å². The van der Waals surface area contributed by atoms with Crippen molar-refractivity contribution in [3.05, 3.63) is 35.7 Å². The lowest BCUT2D eigenvalue weighted by Crippen LogP contribution is -2.27. The SMILES string of the molecule is CCNC(=O)c1ccc(C2=CCNCC2C)cn1. The van der Waals surface area contributed by atoms with Gasteiger partial charge in [-0.05, 0) is 30.0 Å². The molecule has 4 nitrogen and oxygen atoms in total. The fourth-order valence-corrected chi connectivity index (χ4v) is 2.15. The molecule has 0 spiro atoms. The molecule has 0 radical (unpaired) electrons. The normalized spacial score (nSPS) is 19.2. The molecule has 0 fully saturated rings. The van der Waals surface area contributed by atoms with E-state index in [0.717, 1.165) is 18.7 Å². The fraction of sp³-hybridized carbons (Fsp3) is 0.429. The summed E-state index contributed by atoms with van der Waals surface area (Å²) in [4.78, 5) is 15.8. The van der Waals surface area contributed by atoms with Crippen molar-refractivity contribution in [3.63, 3.8) is 0 Å². The van der Waals surface area contributed by atoms with Crippen molar-refractivity contribution >= 4 is 11.5 Å². The molecule has 0 aromatic carbocycles. The van der Waals surface area contributed by atoms with Crippen molar-refractivity contribution < 1.29 is 4.79 Å². The van der Waals surface area contributed by atoms with Gasteiger partial charge in [0.25, 0.3) is 5.91 Å². The average Bonchev–Trinajstić information content (AvgIpc) is 2.40. The van der Waals surface area contributed by atoms with Crippen molar-refractivity contribution in [2.75, 3.05) is 19.6 Å². The van der Waals surface area contributed by atoms with Gasteiger partial charge in [0.1, 0.15) is 5.69 Å². The first kappa shape index (κ1) is 12.8. The first-order chi connectivity index (χ1) is 8.72. The Balaban J connectivity index is 2.17. The van der Waals surface area contributed by atoms with Gasteiger partial charge in [0.15, 0.2) is 0 Å². The van der Waals surface area contributed by atoms with E-state index in [1.54, 1.807) is 12.3 Å². The van der Waals surface area contributed by atoms with E-state index in [1.165, 1.54) is 5.57 Å². The lowest BCUT2D eigenvalue weighted by Gasteiger charge is -2.21. The second-order valence-corrected chi connectivity index (χ2v) is 4.51. The molecule has 1 aromatic heterocycles. The number of nitrogens with zero attached hydrogens (tertiary/aromatic N) is 1. The summed E-state index contributed by atoms with van der Waals surface area (Å²) in [5.41, 5.74) is 2.89. The molecule has 96 valence electrons. The Labute approximate surface area is 108 Å². The number of aromatic nitrogens is 1. The molecule has 1 unspecified atom stereocenters. The van der Waals surface area contributed by atoms with Crippen molar-refractivity contribution in [1.29, 1.82) is 0 Å². The molecule has 2 N–H and O–H groups in total. The van der Waals surface area contributed by atoms with Crippen LogP contribution in [0.5, 0.6) is 0 Å². The zero-order valence-electron chi connectivity index (χ0n) is 10.9. The minimum atomic E-state index is -0.114. The molecule has 18 heavy (non-hydrogen) atoms. The number of rotatable bonds is 3. The van der Waals surface area contributed by atoms with E-state index in [9.17, 15) is 4.79 Å². The van der Waals surface area contributed by atoms with Gasteiger partial charge in [0, 0.05) is 25.8 Å². The molecule has 1 aromatic rings. The van der Waals surface area contributed by atoms with Gasteiger partial charge in [0.2, 0.25) is 0 Å². The van der Waals surface area contributed by atoms with E-state index in [2.05, 4.69) is 28.6 Å². The summed E-state index contributed by atoms with van der Waals surface area (Å²) >= 11 is 0. The molecule has 4 heteroatoms. The van der Waals surface area contributed by atoms with Gasteiger partial charge in [-0.2, -0.15) is 0 Å². The molecule has 2 heterocycles. The maximum Gasteiger partial charge on any atom is 0.269 e. The molecule has 0 saturated heterocycles. The van der Waals surface area contributed by atoms with Gasteiger partial charge in [-0.1, -0.05) is 19.1 Å². The first-order valence-corrected chi connectivity index (χ1v) is 6.37.